The Morgan fingerprint density at radius 3 is 2.93 bits per heavy atom. The average Bonchev–Trinajstić information content (AvgIpc) is 3.37. The zero-order valence-electron chi connectivity index (χ0n) is 16.0. The smallest absolute Gasteiger partial charge is 0.130 e. The number of nitrogens with one attached hydrogen (secondary N) is 1. The summed E-state index contributed by atoms with van der Waals surface area (Å²) < 4.78 is 11.3. The van der Waals surface area contributed by atoms with Crippen LogP contribution in [0.15, 0.2) is 18.3 Å². The number of nitrogens with zero attached hydrogens (tertiary/aromatic N) is 4. The van der Waals surface area contributed by atoms with E-state index in [1.807, 2.05) is 6.07 Å². The summed E-state index contributed by atoms with van der Waals surface area (Å²) in [4.78, 5) is 7.30. The number of aromatic nitrogens is 4. The number of aliphatic hydroxyl groups is 1. The zero-order valence-corrected chi connectivity index (χ0v) is 16.8. The molecule has 0 radical (unpaired) electrons. The van der Waals surface area contributed by atoms with E-state index in [4.69, 9.17) is 9.72 Å². The lowest BCUT2D eigenvalue weighted by atomic mass is 9.79. The highest BCUT2D eigenvalue weighted by Gasteiger charge is 2.35. The molecule has 7 nitrogen and oxygen atoms in total. The number of H-pyrrole nitrogens is 1. The van der Waals surface area contributed by atoms with Gasteiger partial charge in [0.2, 0.25) is 0 Å². The van der Waals surface area contributed by atoms with Crippen LogP contribution in [0.2, 0.25) is 0 Å². The SMILES string of the molecule is CC1COCCN1c1cc(C2(O)CCCCC2)c2snc(-c3ccn[nH]3)c2n1. The van der Waals surface area contributed by atoms with Gasteiger partial charge >= 0.3 is 0 Å². The van der Waals surface area contributed by atoms with Crippen LogP contribution in [-0.2, 0) is 10.3 Å². The van der Waals surface area contributed by atoms with E-state index in [9.17, 15) is 5.11 Å². The summed E-state index contributed by atoms with van der Waals surface area (Å²) >= 11 is 1.42. The van der Waals surface area contributed by atoms with E-state index in [-0.39, 0.29) is 6.04 Å². The molecule has 4 heterocycles. The third-order valence-corrected chi connectivity index (χ3v) is 6.88. The van der Waals surface area contributed by atoms with Crippen molar-refractivity contribution in [2.45, 2.75) is 50.7 Å². The van der Waals surface area contributed by atoms with Crippen LogP contribution in [0.25, 0.3) is 21.6 Å². The van der Waals surface area contributed by atoms with Crippen LogP contribution in [0.5, 0.6) is 0 Å². The Labute approximate surface area is 167 Å². The van der Waals surface area contributed by atoms with Gasteiger partial charge in [-0.1, -0.05) is 19.3 Å². The molecule has 2 fully saturated rings. The fraction of sp³-hybridized carbons (Fsp3) is 0.550. The third-order valence-electron chi connectivity index (χ3n) is 6.01. The minimum Gasteiger partial charge on any atom is -0.385 e. The van der Waals surface area contributed by atoms with Crippen molar-refractivity contribution < 1.29 is 9.84 Å². The molecule has 2 aliphatic rings. The topological polar surface area (TPSA) is 87.2 Å². The highest BCUT2D eigenvalue weighted by Crippen LogP contribution is 2.44. The number of anilines is 1. The summed E-state index contributed by atoms with van der Waals surface area (Å²) in [7, 11) is 0. The first-order chi connectivity index (χ1) is 13.7. The minimum atomic E-state index is -0.804. The van der Waals surface area contributed by atoms with Crippen molar-refractivity contribution >= 4 is 27.6 Å². The summed E-state index contributed by atoms with van der Waals surface area (Å²) in [6, 6.07) is 4.26. The molecule has 1 saturated heterocycles. The maximum absolute atomic E-state index is 11.6. The molecule has 1 saturated carbocycles. The Balaban J connectivity index is 1.70. The molecule has 8 heteroatoms. The maximum atomic E-state index is 11.6. The molecule has 1 unspecified atom stereocenters. The lowest BCUT2D eigenvalue weighted by molar-refractivity contribution is 0.000856. The molecule has 5 rings (SSSR count). The van der Waals surface area contributed by atoms with Gasteiger partial charge in [0.25, 0.3) is 0 Å². The van der Waals surface area contributed by atoms with Crippen molar-refractivity contribution in [3.8, 4) is 11.4 Å². The van der Waals surface area contributed by atoms with E-state index in [2.05, 4.69) is 32.5 Å². The fourth-order valence-electron chi connectivity index (χ4n) is 4.44. The minimum absolute atomic E-state index is 0.245. The number of morpholine rings is 1. The number of aromatic amines is 1. The van der Waals surface area contributed by atoms with E-state index in [0.29, 0.717) is 13.2 Å². The van der Waals surface area contributed by atoms with E-state index < -0.39 is 5.60 Å². The Kier molecular flexibility index (Phi) is 4.57. The molecule has 0 bridgehead atoms. The zero-order chi connectivity index (χ0) is 19.1. The lowest BCUT2D eigenvalue weighted by Crippen LogP contribution is -2.44. The summed E-state index contributed by atoms with van der Waals surface area (Å²) in [5.74, 6) is 0.901. The van der Waals surface area contributed by atoms with Crippen LogP contribution in [0.3, 0.4) is 0 Å². The first kappa shape index (κ1) is 18.0. The van der Waals surface area contributed by atoms with Crippen LogP contribution < -0.4 is 4.90 Å². The Morgan fingerprint density at radius 1 is 1.32 bits per heavy atom. The molecule has 148 valence electrons. The van der Waals surface area contributed by atoms with Gasteiger partial charge < -0.3 is 14.7 Å². The second-order valence-electron chi connectivity index (χ2n) is 7.92. The van der Waals surface area contributed by atoms with Crippen LogP contribution in [0, 0.1) is 0 Å². The predicted octanol–water partition coefficient (Wildman–Crippen LogP) is 3.46. The van der Waals surface area contributed by atoms with Crippen molar-refractivity contribution in [1.82, 2.24) is 19.6 Å². The van der Waals surface area contributed by atoms with Gasteiger partial charge in [0, 0.05) is 18.3 Å². The number of ether oxygens (including phenoxy) is 1. The summed E-state index contributed by atoms with van der Waals surface area (Å²) in [5, 5.41) is 18.6. The first-order valence-corrected chi connectivity index (χ1v) is 10.8. The van der Waals surface area contributed by atoms with Crippen molar-refractivity contribution in [2.24, 2.45) is 0 Å². The second kappa shape index (κ2) is 7.09. The number of fused-ring (bicyclic) bond motifs is 1. The van der Waals surface area contributed by atoms with E-state index in [0.717, 1.165) is 65.2 Å². The van der Waals surface area contributed by atoms with Crippen LogP contribution in [0.4, 0.5) is 5.82 Å². The van der Waals surface area contributed by atoms with Gasteiger partial charge in [0.15, 0.2) is 0 Å². The van der Waals surface area contributed by atoms with Crippen molar-refractivity contribution in [1.29, 1.82) is 0 Å². The number of hydrogen-bond acceptors (Lipinski definition) is 7. The molecular weight excluding hydrogens is 374 g/mol. The van der Waals surface area contributed by atoms with E-state index in [1.165, 1.54) is 18.0 Å². The maximum Gasteiger partial charge on any atom is 0.130 e. The number of rotatable bonds is 3. The largest absolute Gasteiger partial charge is 0.385 e. The first-order valence-electron chi connectivity index (χ1n) is 10.0. The molecule has 1 atom stereocenters. The molecule has 0 spiro atoms. The fourth-order valence-corrected chi connectivity index (χ4v) is 5.38. The summed E-state index contributed by atoms with van der Waals surface area (Å²) in [6.45, 7) is 4.34. The van der Waals surface area contributed by atoms with E-state index >= 15 is 0 Å². The summed E-state index contributed by atoms with van der Waals surface area (Å²) in [6.07, 6.45) is 6.60. The van der Waals surface area contributed by atoms with Gasteiger partial charge in [0.1, 0.15) is 17.0 Å². The molecule has 3 aromatic heterocycles. The predicted molar refractivity (Wildman–Crippen MR) is 110 cm³/mol. The molecular formula is C20H25N5O2S. The van der Waals surface area contributed by atoms with Crippen molar-refractivity contribution in [3.05, 3.63) is 23.9 Å². The van der Waals surface area contributed by atoms with Crippen molar-refractivity contribution in [2.75, 3.05) is 24.7 Å². The molecule has 3 aromatic rings. The molecule has 0 amide bonds. The molecule has 1 aliphatic carbocycles. The molecule has 28 heavy (non-hydrogen) atoms. The monoisotopic (exact) mass is 399 g/mol. The Hall–Kier alpha value is -2.03. The average molecular weight is 400 g/mol. The molecule has 0 aromatic carbocycles. The molecule has 1 aliphatic heterocycles. The number of hydrogen-bond donors (Lipinski definition) is 2. The van der Waals surface area contributed by atoms with Gasteiger partial charge in [0.05, 0.1) is 35.3 Å². The standard InChI is InChI=1S/C20H25N5O2S/c1-13-12-27-10-9-25(13)16-11-14(20(26)6-3-2-4-7-20)19-18(22-16)17(24-28-19)15-5-8-21-23-15/h5,8,11,13,26H,2-4,6-7,9-10,12H2,1H3,(H,21,23). The van der Waals surface area contributed by atoms with E-state index in [1.54, 1.807) is 6.20 Å². The van der Waals surface area contributed by atoms with Gasteiger partial charge in [-0.25, -0.2) is 4.98 Å². The van der Waals surface area contributed by atoms with Crippen LogP contribution >= 0.6 is 11.5 Å². The Morgan fingerprint density at radius 2 is 2.18 bits per heavy atom. The second-order valence-corrected chi connectivity index (χ2v) is 8.69. The molecule has 2 N–H and O–H groups in total. The summed E-state index contributed by atoms with van der Waals surface area (Å²) in [5.41, 5.74) is 2.68. The van der Waals surface area contributed by atoms with Gasteiger partial charge in [-0.05, 0) is 43.4 Å². The highest BCUT2D eigenvalue weighted by atomic mass is 32.1. The van der Waals surface area contributed by atoms with Crippen molar-refractivity contribution in [3.63, 3.8) is 0 Å². The van der Waals surface area contributed by atoms with Gasteiger partial charge in [-0.2, -0.15) is 9.47 Å². The normalized spacial score (nSPS) is 22.6. The van der Waals surface area contributed by atoms with Crippen LogP contribution in [-0.4, -0.2) is 50.5 Å². The number of pyridine rings is 1. The third kappa shape index (κ3) is 3.00. The quantitative estimate of drug-likeness (QED) is 0.701. The lowest BCUT2D eigenvalue weighted by Gasteiger charge is -2.36. The Bertz CT molecular complexity index is 965. The van der Waals surface area contributed by atoms with Gasteiger partial charge in [-0.15, -0.1) is 0 Å². The highest BCUT2D eigenvalue weighted by molar-refractivity contribution is 7.13. The van der Waals surface area contributed by atoms with Crippen LogP contribution in [0.1, 0.15) is 44.6 Å². The van der Waals surface area contributed by atoms with Gasteiger partial charge in [-0.3, -0.25) is 5.10 Å².